The lowest BCUT2D eigenvalue weighted by Gasteiger charge is -2.25. The van der Waals surface area contributed by atoms with Crippen LogP contribution in [0.2, 0.25) is 0 Å². The summed E-state index contributed by atoms with van der Waals surface area (Å²) in [6.45, 7) is 0.700. The number of aliphatic hydroxyl groups excluding tert-OH is 1. The molecule has 6 heteroatoms. The second-order valence-electron chi connectivity index (χ2n) is 4.62. The Morgan fingerprint density at radius 3 is 2.61 bits per heavy atom. The Kier molecular flexibility index (Phi) is 5.24. The first-order valence-corrected chi connectivity index (χ1v) is 8.37. The van der Waals surface area contributed by atoms with Crippen LogP contribution >= 0.6 is 43.2 Å². The van der Waals surface area contributed by atoms with E-state index < -0.39 is 0 Å². The maximum atomic E-state index is 12.0. The molecule has 1 aromatic heterocycles. The molecule has 0 spiro atoms. The van der Waals surface area contributed by atoms with Gasteiger partial charge < -0.3 is 10.4 Å². The van der Waals surface area contributed by atoms with Crippen LogP contribution in [0, 0.1) is 5.92 Å². The van der Waals surface area contributed by atoms with E-state index in [-0.39, 0.29) is 12.0 Å². The molecular formula is C12H15Br2NO2S. The molecule has 2 rings (SSSR count). The average Bonchev–Trinajstić information content (AvgIpc) is 2.67. The number of aliphatic hydroxyl groups is 1. The quantitative estimate of drug-likeness (QED) is 0.820. The second-order valence-corrected chi connectivity index (χ2v) is 8.37. The van der Waals surface area contributed by atoms with Gasteiger partial charge in [0, 0.05) is 6.54 Å². The Hall–Kier alpha value is 0.0900. The molecule has 3 nitrogen and oxygen atoms in total. The number of halogens is 2. The van der Waals surface area contributed by atoms with E-state index in [4.69, 9.17) is 0 Å². The summed E-state index contributed by atoms with van der Waals surface area (Å²) in [4.78, 5) is 12.0. The predicted octanol–water partition coefficient (Wildman–Crippen LogP) is 3.55. The summed E-state index contributed by atoms with van der Waals surface area (Å²) in [7, 11) is 0. The van der Waals surface area contributed by atoms with E-state index in [0.717, 1.165) is 33.3 Å². The van der Waals surface area contributed by atoms with Gasteiger partial charge in [0.2, 0.25) is 0 Å². The van der Waals surface area contributed by atoms with E-state index in [0.29, 0.717) is 18.0 Å². The summed E-state index contributed by atoms with van der Waals surface area (Å²) in [5, 5.41) is 12.4. The first kappa shape index (κ1) is 14.5. The molecule has 1 amide bonds. The number of amides is 1. The van der Waals surface area contributed by atoms with Gasteiger partial charge in [0.25, 0.3) is 5.91 Å². The zero-order chi connectivity index (χ0) is 13.1. The van der Waals surface area contributed by atoms with E-state index in [1.165, 1.54) is 11.3 Å². The normalized spacial score (nSPS) is 23.9. The van der Waals surface area contributed by atoms with Crippen molar-refractivity contribution in [1.29, 1.82) is 0 Å². The van der Waals surface area contributed by atoms with Crippen molar-refractivity contribution in [1.82, 2.24) is 5.32 Å². The lowest BCUT2D eigenvalue weighted by Crippen LogP contribution is -2.32. The average molecular weight is 397 g/mol. The summed E-state index contributed by atoms with van der Waals surface area (Å²) >= 11 is 8.25. The lowest BCUT2D eigenvalue weighted by atomic mass is 9.87. The van der Waals surface area contributed by atoms with Crippen LogP contribution in [0.3, 0.4) is 0 Å². The van der Waals surface area contributed by atoms with Gasteiger partial charge >= 0.3 is 0 Å². The third kappa shape index (κ3) is 3.79. The molecule has 0 radical (unpaired) electrons. The van der Waals surface area contributed by atoms with Crippen molar-refractivity contribution >= 4 is 49.1 Å². The highest BCUT2D eigenvalue weighted by atomic mass is 79.9. The predicted molar refractivity (Wildman–Crippen MR) is 80.0 cm³/mol. The van der Waals surface area contributed by atoms with Crippen molar-refractivity contribution in [3.05, 3.63) is 19.2 Å². The van der Waals surface area contributed by atoms with Crippen molar-refractivity contribution in [2.75, 3.05) is 6.54 Å². The van der Waals surface area contributed by atoms with E-state index in [1.54, 1.807) is 0 Å². The smallest absolute Gasteiger partial charge is 0.253 e. The number of hydrogen-bond donors (Lipinski definition) is 2. The highest BCUT2D eigenvalue weighted by molar-refractivity contribution is 9.12. The molecule has 0 atom stereocenters. The Morgan fingerprint density at radius 1 is 1.39 bits per heavy atom. The maximum Gasteiger partial charge on any atom is 0.253 e. The van der Waals surface area contributed by atoms with Gasteiger partial charge in [-0.25, -0.2) is 0 Å². The minimum Gasteiger partial charge on any atom is -0.393 e. The minimum absolute atomic E-state index is 0.0325. The molecule has 1 heterocycles. The highest BCUT2D eigenvalue weighted by Crippen LogP contribution is 2.32. The summed E-state index contributed by atoms with van der Waals surface area (Å²) < 4.78 is 1.80. The molecule has 1 aliphatic carbocycles. The maximum absolute atomic E-state index is 12.0. The minimum atomic E-state index is -0.140. The molecule has 0 aromatic carbocycles. The molecule has 100 valence electrons. The Morgan fingerprint density at radius 2 is 2.06 bits per heavy atom. The number of rotatable bonds is 3. The van der Waals surface area contributed by atoms with E-state index in [1.807, 2.05) is 6.07 Å². The third-order valence-corrected chi connectivity index (χ3v) is 5.61. The summed E-state index contributed by atoms with van der Waals surface area (Å²) in [5.41, 5.74) is 0.683. The van der Waals surface area contributed by atoms with Crippen LogP contribution in [-0.2, 0) is 0 Å². The fourth-order valence-corrected chi connectivity index (χ4v) is 4.97. The number of hydrogen-bond acceptors (Lipinski definition) is 3. The highest BCUT2D eigenvalue weighted by Gasteiger charge is 2.20. The SMILES string of the molecule is O=C(NCC1CCC(O)CC1)c1cc(Br)sc1Br. The fraction of sp³-hybridized carbons (Fsp3) is 0.583. The van der Waals surface area contributed by atoms with Crippen LogP contribution in [-0.4, -0.2) is 23.7 Å². The lowest BCUT2D eigenvalue weighted by molar-refractivity contribution is 0.0910. The Balaban J connectivity index is 1.83. The van der Waals surface area contributed by atoms with Crippen molar-refractivity contribution in [2.24, 2.45) is 5.92 Å². The third-order valence-electron chi connectivity index (χ3n) is 3.27. The Labute approximate surface area is 127 Å². The molecule has 1 fully saturated rings. The van der Waals surface area contributed by atoms with Gasteiger partial charge in [0.15, 0.2) is 0 Å². The van der Waals surface area contributed by atoms with Crippen LogP contribution in [0.15, 0.2) is 13.6 Å². The molecule has 0 bridgehead atoms. The number of thiophene rings is 1. The molecule has 1 saturated carbocycles. The van der Waals surface area contributed by atoms with E-state index in [9.17, 15) is 9.90 Å². The number of carbonyl (C=O) groups is 1. The Bertz CT molecular complexity index is 428. The monoisotopic (exact) mass is 395 g/mol. The summed E-state index contributed by atoms with van der Waals surface area (Å²) in [6.07, 6.45) is 3.56. The zero-order valence-corrected chi connectivity index (χ0v) is 13.8. The first-order valence-electron chi connectivity index (χ1n) is 5.97. The van der Waals surface area contributed by atoms with Crippen LogP contribution in [0.5, 0.6) is 0 Å². The zero-order valence-electron chi connectivity index (χ0n) is 9.79. The molecule has 2 N–H and O–H groups in total. The van der Waals surface area contributed by atoms with Crippen LogP contribution in [0.25, 0.3) is 0 Å². The van der Waals surface area contributed by atoms with Gasteiger partial charge in [-0.2, -0.15) is 0 Å². The molecule has 0 unspecified atom stereocenters. The molecule has 1 aromatic rings. The van der Waals surface area contributed by atoms with Gasteiger partial charge in [-0.05, 0) is 69.5 Å². The van der Waals surface area contributed by atoms with Crippen molar-refractivity contribution in [2.45, 2.75) is 31.8 Å². The van der Waals surface area contributed by atoms with Crippen molar-refractivity contribution < 1.29 is 9.90 Å². The summed E-state index contributed by atoms with van der Waals surface area (Å²) in [5.74, 6) is 0.466. The number of carbonyl (C=O) groups excluding carboxylic acids is 1. The molecule has 0 saturated heterocycles. The summed E-state index contributed by atoms with van der Waals surface area (Å²) in [6, 6.07) is 1.83. The van der Waals surface area contributed by atoms with Gasteiger partial charge in [-0.1, -0.05) is 0 Å². The van der Waals surface area contributed by atoms with Crippen molar-refractivity contribution in [3.8, 4) is 0 Å². The van der Waals surface area contributed by atoms with Gasteiger partial charge in [0.05, 0.1) is 19.2 Å². The molecular weight excluding hydrogens is 382 g/mol. The van der Waals surface area contributed by atoms with Gasteiger partial charge in [-0.3, -0.25) is 4.79 Å². The first-order chi connectivity index (χ1) is 8.56. The molecule has 18 heavy (non-hydrogen) atoms. The molecule has 1 aliphatic rings. The van der Waals surface area contributed by atoms with Crippen molar-refractivity contribution in [3.63, 3.8) is 0 Å². The van der Waals surface area contributed by atoms with E-state index in [2.05, 4.69) is 37.2 Å². The van der Waals surface area contributed by atoms with Gasteiger partial charge in [-0.15, -0.1) is 11.3 Å². The largest absolute Gasteiger partial charge is 0.393 e. The topological polar surface area (TPSA) is 49.3 Å². The van der Waals surface area contributed by atoms with Crippen LogP contribution in [0.4, 0.5) is 0 Å². The van der Waals surface area contributed by atoms with E-state index >= 15 is 0 Å². The van der Waals surface area contributed by atoms with Crippen LogP contribution < -0.4 is 5.32 Å². The van der Waals surface area contributed by atoms with Gasteiger partial charge in [0.1, 0.15) is 0 Å². The number of nitrogens with one attached hydrogen (secondary N) is 1. The fourth-order valence-electron chi connectivity index (χ4n) is 2.18. The van der Waals surface area contributed by atoms with Crippen LogP contribution in [0.1, 0.15) is 36.0 Å². The molecule has 0 aliphatic heterocycles. The standard InChI is InChI=1S/C12H15Br2NO2S/c13-10-5-9(11(14)18-10)12(17)15-6-7-1-3-8(16)4-2-7/h5,7-8,16H,1-4,6H2,(H,15,17). The second kappa shape index (κ2) is 6.50.